The lowest BCUT2D eigenvalue weighted by molar-refractivity contribution is 0.681. The molecule has 2 nitrogen and oxygen atoms in total. The molecule has 0 saturated heterocycles. The van der Waals surface area contributed by atoms with Crippen molar-refractivity contribution in [1.82, 2.24) is 10.3 Å². The third-order valence-corrected chi connectivity index (χ3v) is 1.99. The Morgan fingerprint density at radius 2 is 2.60 bits per heavy atom. The molecule has 1 aromatic rings. The van der Waals surface area contributed by atoms with Crippen molar-refractivity contribution >= 4 is 11.3 Å². The van der Waals surface area contributed by atoms with Crippen LogP contribution in [0.5, 0.6) is 0 Å². The topological polar surface area (TPSA) is 24.9 Å². The first-order chi connectivity index (χ1) is 4.93. The highest BCUT2D eigenvalue weighted by molar-refractivity contribution is 7.09. The summed E-state index contributed by atoms with van der Waals surface area (Å²) in [5.41, 5.74) is 1.86. The first-order valence-corrected chi connectivity index (χ1v) is 4.39. The van der Waals surface area contributed by atoms with E-state index in [1.165, 1.54) is 11.3 Å². The average Bonchev–Trinajstić information content (AvgIpc) is 2.41. The van der Waals surface area contributed by atoms with E-state index >= 15 is 0 Å². The number of nitrogens with zero attached hydrogens (tertiary/aromatic N) is 1. The zero-order valence-corrected chi connectivity index (χ0v) is 6.95. The van der Waals surface area contributed by atoms with Gasteiger partial charge < -0.3 is 5.32 Å². The van der Waals surface area contributed by atoms with Gasteiger partial charge in [-0.15, -0.1) is 11.3 Å². The molecule has 0 unspecified atom stereocenters. The lowest BCUT2D eigenvalue weighted by Gasteiger charge is -1.97. The van der Waals surface area contributed by atoms with Crippen LogP contribution in [0.1, 0.15) is 18.2 Å². The zero-order chi connectivity index (χ0) is 7.23. The molecule has 56 valence electrons. The first-order valence-electron chi connectivity index (χ1n) is 3.51. The zero-order valence-electron chi connectivity index (χ0n) is 6.13. The van der Waals surface area contributed by atoms with Gasteiger partial charge in [-0.2, -0.15) is 0 Å². The van der Waals surface area contributed by atoms with Crippen molar-refractivity contribution in [1.29, 1.82) is 0 Å². The van der Waals surface area contributed by atoms with Crippen molar-refractivity contribution in [3.63, 3.8) is 0 Å². The Balaban J connectivity index is 2.15. The van der Waals surface area contributed by atoms with Crippen LogP contribution in [0, 0.1) is 0 Å². The smallest absolute Gasteiger partial charge is 0.0794 e. The van der Waals surface area contributed by atoms with Gasteiger partial charge in [0.1, 0.15) is 0 Å². The minimum absolute atomic E-state index is 0.971. The van der Waals surface area contributed by atoms with Crippen LogP contribution in [0.4, 0.5) is 0 Å². The third-order valence-electron chi connectivity index (χ3n) is 1.21. The van der Waals surface area contributed by atoms with E-state index in [2.05, 4.69) is 17.2 Å². The molecule has 0 amide bonds. The number of hydrogen-bond acceptors (Lipinski definition) is 3. The van der Waals surface area contributed by atoms with E-state index in [1.807, 2.05) is 11.7 Å². The Labute approximate surface area is 65.3 Å². The maximum atomic E-state index is 3.98. The molecule has 1 rings (SSSR count). The van der Waals surface area contributed by atoms with Gasteiger partial charge in [0.15, 0.2) is 0 Å². The molecule has 0 aliphatic carbocycles. The number of thiazole rings is 1. The fourth-order valence-corrected chi connectivity index (χ4v) is 1.28. The highest BCUT2D eigenvalue weighted by atomic mass is 32.1. The van der Waals surface area contributed by atoms with Crippen molar-refractivity contribution in [3.8, 4) is 0 Å². The van der Waals surface area contributed by atoms with Gasteiger partial charge in [0.25, 0.3) is 0 Å². The minimum atomic E-state index is 0.971. The highest BCUT2D eigenvalue weighted by Gasteiger charge is 1.90. The summed E-state index contributed by atoms with van der Waals surface area (Å²) in [6.07, 6.45) is 3.10. The second kappa shape index (κ2) is 4.41. The van der Waals surface area contributed by atoms with Crippen LogP contribution in [0.3, 0.4) is 0 Å². The van der Waals surface area contributed by atoms with Crippen LogP contribution in [0.25, 0.3) is 0 Å². The maximum Gasteiger partial charge on any atom is 0.0794 e. The van der Waals surface area contributed by atoms with E-state index in [-0.39, 0.29) is 0 Å². The van der Waals surface area contributed by atoms with E-state index < -0.39 is 0 Å². The summed E-state index contributed by atoms with van der Waals surface area (Å²) in [6.45, 7) is 4.23. The molecular formula is C7H12N2S. The second-order valence-corrected chi connectivity index (χ2v) is 3.12. The minimum Gasteiger partial charge on any atom is -0.312 e. The molecule has 1 aromatic heterocycles. The lowest BCUT2D eigenvalue weighted by atomic mass is 10.4. The summed E-state index contributed by atoms with van der Waals surface area (Å²) in [6, 6.07) is 0. The number of hydrogen-bond donors (Lipinski definition) is 1. The van der Waals surface area contributed by atoms with Crippen LogP contribution in [-0.4, -0.2) is 11.5 Å². The predicted molar refractivity (Wildman–Crippen MR) is 44.1 cm³/mol. The van der Waals surface area contributed by atoms with Crippen molar-refractivity contribution in [2.24, 2.45) is 0 Å². The van der Waals surface area contributed by atoms with E-state index in [0.29, 0.717) is 0 Å². The van der Waals surface area contributed by atoms with Gasteiger partial charge in [-0.05, 0) is 13.0 Å². The van der Waals surface area contributed by atoms with Gasteiger partial charge in [-0.25, -0.2) is 0 Å². The molecule has 0 aromatic carbocycles. The van der Waals surface area contributed by atoms with Crippen molar-refractivity contribution in [2.75, 3.05) is 6.54 Å². The molecule has 0 saturated carbocycles. The molecule has 0 aliphatic heterocycles. The van der Waals surface area contributed by atoms with Gasteiger partial charge in [0.05, 0.1) is 5.51 Å². The van der Waals surface area contributed by atoms with Gasteiger partial charge in [-0.1, -0.05) is 6.92 Å². The summed E-state index contributed by atoms with van der Waals surface area (Å²) in [7, 11) is 0. The Morgan fingerprint density at radius 1 is 1.70 bits per heavy atom. The maximum absolute atomic E-state index is 3.98. The molecule has 0 spiro atoms. The van der Waals surface area contributed by atoms with E-state index in [4.69, 9.17) is 0 Å². The molecule has 0 aliphatic rings. The van der Waals surface area contributed by atoms with Gasteiger partial charge >= 0.3 is 0 Å². The van der Waals surface area contributed by atoms with Gasteiger partial charge in [0.2, 0.25) is 0 Å². The predicted octanol–water partition coefficient (Wildman–Crippen LogP) is 1.64. The van der Waals surface area contributed by atoms with Crippen LogP contribution >= 0.6 is 11.3 Å². The molecule has 0 atom stereocenters. The summed E-state index contributed by atoms with van der Waals surface area (Å²) in [4.78, 5) is 5.29. The highest BCUT2D eigenvalue weighted by Crippen LogP contribution is 2.03. The van der Waals surface area contributed by atoms with E-state index in [9.17, 15) is 0 Å². The monoisotopic (exact) mass is 156 g/mol. The Morgan fingerprint density at radius 3 is 3.20 bits per heavy atom. The summed E-state index contributed by atoms with van der Waals surface area (Å²) >= 11 is 1.70. The SMILES string of the molecule is CCCNCc1cncs1. The van der Waals surface area contributed by atoms with E-state index in [1.54, 1.807) is 11.3 Å². The number of aromatic nitrogens is 1. The average molecular weight is 156 g/mol. The lowest BCUT2D eigenvalue weighted by Crippen LogP contribution is -2.12. The van der Waals surface area contributed by atoms with Gasteiger partial charge in [-0.3, -0.25) is 4.98 Å². The van der Waals surface area contributed by atoms with Crippen molar-refractivity contribution in [2.45, 2.75) is 19.9 Å². The first kappa shape index (κ1) is 7.69. The molecule has 0 radical (unpaired) electrons. The molecule has 0 fully saturated rings. The molecule has 0 bridgehead atoms. The largest absolute Gasteiger partial charge is 0.312 e. The number of nitrogens with one attached hydrogen (secondary N) is 1. The van der Waals surface area contributed by atoms with Crippen LogP contribution < -0.4 is 5.32 Å². The number of rotatable bonds is 4. The van der Waals surface area contributed by atoms with Crippen molar-refractivity contribution < 1.29 is 0 Å². The fraction of sp³-hybridized carbons (Fsp3) is 0.571. The molecular weight excluding hydrogens is 144 g/mol. The Kier molecular flexibility index (Phi) is 3.40. The summed E-state index contributed by atoms with van der Waals surface area (Å²) in [5, 5.41) is 3.31. The molecule has 3 heteroatoms. The normalized spacial score (nSPS) is 10.1. The van der Waals surface area contributed by atoms with Crippen LogP contribution in [0.15, 0.2) is 11.7 Å². The fourth-order valence-electron chi connectivity index (χ4n) is 0.718. The molecule has 1 N–H and O–H groups in total. The van der Waals surface area contributed by atoms with Crippen LogP contribution in [-0.2, 0) is 6.54 Å². The standard InChI is InChI=1S/C7H12N2S/c1-2-3-8-4-7-5-9-6-10-7/h5-6,8H,2-4H2,1H3. The van der Waals surface area contributed by atoms with E-state index in [0.717, 1.165) is 13.1 Å². The summed E-state index contributed by atoms with van der Waals surface area (Å²) < 4.78 is 0. The van der Waals surface area contributed by atoms with Gasteiger partial charge in [0, 0.05) is 17.6 Å². The van der Waals surface area contributed by atoms with Crippen LogP contribution in [0.2, 0.25) is 0 Å². The third kappa shape index (κ3) is 2.45. The molecule has 10 heavy (non-hydrogen) atoms. The van der Waals surface area contributed by atoms with Crippen molar-refractivity contribution in [3.05, 3.63) is 16.6 Å². The summed E-state index contributed by atoms with van der Waals surface area (Å²) in [5.74, 6) is 0. The quantitative estimate of drug-likeness (QED) is 0.670. The Hall–Kier alpha value is -0.410. The molecule has 1 heterocycles. The Bertz CT molecular complexity index is 160. The second-order valence-electron chi connectivity index (χ2n) is 2.14.